The van der Waals surface area contributed by atoms with Crippen LogP contribution in [0.4, 0.5) is 30.7 Å². The molecule has 0 aliphatic rings. The molecule has 0 aromatic carbocycles. The van der Waals surface area contributed by atoms with Gasteiger partial charge in [0.1, 0.15) is 6.61 Å². The Morgan fingerprint density at radius 1 is 1.00 bits per heavy atom. The first-order valence-corrected chi connectivity index (χ1v) is 3.57. The standard InChI is InChI=1S/C7H7F7O/c1-2-3-15-4-5(8,9)6(10,11)7(12,13)14/h2H,1,3-4H2. The van der Waals surface area contributed by atoms with E-state index >= 15 is 0 Å². The summed E-state index contributed by atoms with van der Waals surface area (Å²) in [5.74, 6) is -11.4. The average molecular weight is 240 g/mol. The van der Waals surface area contributed by atoms with Crippen molar-refractivity contribution < 1.29 is 35.5 Å². The van der Waals surface area contributed by atoms with Crippen LogP contribution >= 0.6 is 0 Å². The van der Waals surface area contributed by atoms with E-state index in [1.807, 2.05) is 0 Å². The molecule has 0 amide bonds. The van der Waals surface area contributed by atoms with E-state index in [0.29, 0.717) is 0 Å². The number of rotatable bonds is 5. The van der Waals surface area contributed by atoms with Crippen molar-refractivity contribution in [3.63, 3.8) is 0 Å². The van der Waals surface area contributed by atoms with Gasteiger partial charge in [-0.25, -0.2) is 0 Å². The van der Waals surface area contributed by atoms with Crippen LogP contribution in [0.2, 0.25) is 0 Å². The fraction of sp³-hybridized carbons (Fsp3) is 0.714. The minimum atomic E-state index is -6.31. The van der Waals surface area contributed by atoms with Crippen LogP contribution < -0.4 is 0 Å². The number of halogens is 7. The van der Waals surface area contributed by atoms with E-state index in [4.69, 9.17) is 0 Å². The summed E-state index contributed by atoms with van der Waals surface area (Å²) in [5.41, 5.74) is 0. The Morgan fingerprint density at radius 3 is 1.80 bits per heavy atom. The maximum absolute atomic E-state index is 12.4. The van der Waals surface area contributed by atoms with Gasteiger partial charge in [-0.3, -0.25) is 0 Å². The molecule has 0 radical (unpaired) electrons. The van der Waals surface area contributed by atoms with Gasteiger partial charge in [-0.2, -0.15) is 30.7 Å². The molecule has 0 aromatic rings. The Kier molecular flexibility index (Phi) is 4.15. The molecule has 0 unspecified atom stereocenters. The minimum absolute atomic E-state index is 0.538. The molecule has 0 saturated carbocycles. The lowest BCUT2D eigenvalue weighted by Gasteiger charge is -2.27. The van der Waals surface area contributed by atoms with Crippen LogP contribution in [0.1, 0.15) is 0 Å². The number of hydrogen-bond donors (Lipinski definition) is 0. The van der Waals surface area contributed by atoms with Gasteiger partial charge in [0.15, 0.2) is 0 Å². The Hall–Kier alpha value is -0.790. The first-order chi connectivity index (χ1) is 6.56. The molecule has 0 N–H and O–H groups in total. The smallest absolute Gasteiger partial charge is 0.371 e. The summed E-state index contributed by atoms with van der Waals surface area (Å²) in [6, 6.07) is 0. The highest BCUT2D eigenvalue weighted by Gasteiger charge is 2.72. The zero-order valence-corrected chi connectivity index (χ0v) is 7.25. The lowest BCUT2D eigenvalue weighted by Crippen LogP contribution is -2.54. The van der Waals surface area contributed by atoms with Gasteiger partial charge in [0, 0.05) is 0 Å². The van der Waals surface area contributed by atoms with Gasteiger partial charge in [-0.1, -0.05) is 6.08 Å². The summed E-state index contributed by atoms with van der Waals surface area (Å²) < 4.78 is 87.6. The topological polar surface area (TPSA) is 9.23 Å². The molecule has 0 atom stereocenters. The molecule has 90 valence electrons. The van der Waals surface area contributed by atoms with Crippen molar-refractivity contribution in [2.75, 3.05) is 13.2 Å². The maximum Gasteiger partial charge on any atom is 0.459 e. The summed E-state index contributed by atoms with van der Waals surface area (Å²) in [5, 5.41) is 0. The molecule has 0 aromatic heterocycles. The second-order valence-corrected chi connectivity index (χ2v) is 2.58. The molecule has 0 heterocycles. The first-order valence-electron chi connectivity index (χ1n) is 3.57. The Morgan fingerprint density at radius 2 is 1.47 bits per heavy atom. The molecular formula is C7H7F7O. The monoisotopic (exact) mass is 240 g/mol. The van der Waals surface area contributed by atoms with Crippen molar-refractivity contribution >= 4 is 0 Å². The van der Waals surface area contributed by atoms with Crippen molar-refractivity contribution in [1.29, 1.82) is 0 Å². The van der Waals surface area contributed by atoms with Crippen molar-refractivity contribution in [2.24, 2.45) is 0 Å². The van der Waals surface area contributed by atoms with Crippen molar-refractivity contribution in [1.82, 2.24) is 0 Å². The third kappa shape index (κ3) is 3.08. The lowest BCUT2D eigenvalue weighted by molar-refractivity contribution is -0.361. The van der Waals surface area contributed by atoms with E-state index in [1.165, 1.54) is 0 Å². The Balaban J connectivity index is 4.62. The van der Waals surface area contributed by atoms with Crippen LogP contribution in [0.25, 0.3) is 0 Å². The van der Waals surface area contributed by atoms with Gasteiger partial charge in [0.25, 0.3) is 0 Å². The summed E-state index contributed by atoms with van der Waals surface area (Å²) in [6.45, 7) is 0.451. The SMILES string of the molecule is C=CCOCC(F)(F)C(F)(F)C(F)(F)F. The summed E-state index contributed by atoms with van der Waals surface area (Å²) in [4.78, 5) is 0. The van der Waals surface area contributed by atoms with Crippen LogP contribution in [0.5, 0.6) is 0 Å². The molecule has 1 nitrogen and oxygen atoms in total. The molecule has 0 rings (SSSR count). The van der Waals surface area contributed by atoms with Gasteiger partial charge in [0.05, 0.1) is 6.61 Å². The Bertz CT molecular complexity index is 220. The molecule has 0 bridgehead atoms. The fourth-order valence-electron chi connectivity index (χ4n) is 0.568. The molecule has 0 fully saturated rings. The molecular weight excluding hydrogens is 233 g/mol. The van der Waals surface area contributed by atoms with E-state index in [2.05, 4.69) is 11.3 Å². The summed E-state index contributed by atoms with van der Waals surface area (Å²) >= 11 is 0. The number of hydrogen-bond acceptors (Lipinski definition) is 1. The van der Waals surface area contributed by atoms with Crippen LogP contribution in [0.3, 0.4) is 0 Å². The zero-order valence-electron chi connectivity index (χ0n) is 7.25. The van der Waals surface area contributed by atoms with E-state index in [9.17, 15) is 30.7 Å². The van der Waals surface area contributed by atoms with Gasteiger partial charge in [-0.15, -0.1) is 6.58 Å². The average Bonchev–Trinajstić information content (AvgIpc) is 2.02. The van der Waals surface area contributed by atoms with Gasteiger partial charge >= 0.3 is 18.0 Å². The van der Waals surface area contributed by atoms with E-state index in [1.54, 1.807) is 0 Å². The number of alkyl halides is 7. The van der Waals surface area contributed by atoms with E-state index in [0.717, 1.165) is 6.08 Å². The molecule has 15 heavy (non-hydrogen) atoms. The Labute approximate surface area is 80.5 Å². The predicted octanol–water partition coefficient (Wildman–Crippen LogP) is 3.02. The van der Waals surface area contributed by atoms with Crippen LogP contribution in [-0.4, -0.2) is 31.2 Å². The molecule has 0 aliphatic heterocycles. The van der Waals surface area contributed by atoms with Crippen LogP contribution in [-0.2, 0) is 4.74 Å². The molecule has 8 heteroatoms. The van der Waals surface area contributed by atoms with Crippen molar-refractivity contribution in [3.05, 3.63) is 12.7 Å². The van der Waals surface area contributed by atoms with Crippen LogP contribution in [0.15, 0.2) is 12.7 Å². The van der Waals surface area contributed by atoms with E-state index < -0.39 is 31.2 Å². The maximum atomic E-state index is 12.4. The summed E-state index contributed by atoms with van der Waals surface area (Å²) in [7, 11) is 0. The van der Waals surface area contributed by atoms with Crippen molar-refractivity contribution in [3.8, 4) is 0 Å². The van der Waals surface area contributed by atoms with E-state index in [-0.39, 0.29) is 0 Å². The lowest BCUT2D eigenvalue weighted by atomic mass is 10.2. The third-order valence-electron chi connectivity index (χ3n) is 1.33. The third-order valence-corrected chi connectivity index (χ3v) is 1.33. The zero-order chi connectivity index (χ0) is 12.3. The van der Waals surface area contributed by atoms with Gasteiger partial charge in [-0.05, 0) is 0 Å². The first kappa shape index (κ1) is 14.2. The minimum Gasteiger partial charge on any atom is -0.371 e. The normalized spacial score (nSPS) is 14.1. The fourth-order valence-corrected chi connectivity index (χ4v) is 0.568. The summed E-state index contributed by atoms with van der Waals surface area (Å²) in [6.07, 6.45) is -5.37. The molecule has 0 spiro atoms. The molecule has 0 saturated heterocycles. The van der Waals surface area contributed by atoms with Crippen LogP contribution in [0, 0.1) is 0 Å². The van der Waals surface area contributed by atoms with Gasteiger partial charge in [0.2, 0.25) is 0 Å². The highest BCUT2D eigenvalue weighted by molar-refractivity contribution is 4.91. The predicted molar refractivity (Wildman–Crippen MR) is 37.0 cm³/mol. The largest absolute Gasteiger partial charge is 0.459 e. The highest BCUT2D eigenvalue weighted by Crippen LogP contribution is 2.46. The molecule has 0 aliphatic carbocycles. The quantitative estimate of drug-likeness (QED) is 0.407. The van der Waals surface area contributed by atoms with Crippen molar-refractivity contribution in [2.45, 2.75) is 18.0 Å². The second-order valence-electron chi connectivity index (χ2n) is 2.58. The number of ether oxygens (including phenoxy) is 1. The highest BCUT2D eigenvalue weighted by atomic mass is 19.4. The second kappa shape index (κ2) is 4.38. The van der Waals surface area contributed by atoms with Gasteiger partial charge < -0.3 is 4.74 Å².